The largest absolute Gasteiger partial charge is 0.375 e. The van der Waals surface area contributed by atoms with Gasteiger partial charge in [0.1, 0.15) is 5.82 Å². The Bertz CT molecular complexity index is 458. The summed E-state index contributed by atoms with van der Waals surface area (Å²) in [5.74, 6) is -0.517. The van der Waals surface area contributed by atoms with Crippen LogP contribution < -0.4 is 16.0 Å². The third kappa shape index (κ3) is 3.42. The van der Waals surface area contributed by atoms with E-state index in [2.05, 4.69) is 17.6 Å². The van der Waals surface area contributed by atoms with Crippen molar-refractivity contribution in [3.05, 3.63) is 30.1 Å². The summed E-state index contributed by atoms with van der Waals surface area (Å²) < 4.78 is 35.4. The van der Waals surface area contributed by atoms with Crippen LogP contribution in [0.4, 0.5) is 4.39 Å². The molecule has 4 N–H and O–H groups in total. The zero-order valence-corrected chi connectivity index (χ0v) is 9.03. The van der Waals surface area contributed by atoms with Crippen molar-refractivity contribution in [1.29, 1.82) is 0 Å². The minimum atomic E-state index is -3.77. The van der Waals surface area contributed by atoms with E-state index in [1.807, 2.05) is 4.83 Å². The first kappa shape index (κ1) is 11.8. The summed E-state index contributed by atoms with van der Waals surface area (Å²) in [7, 11) is -3.77. The topological polar surface area (TPSA) is 84.2 Å². The Morgan fingerprint density at radius 3 is 2.33 bits per heavy atom. The highest BCUT2D eigenvalue weighted by atomic mass is 32.2. The third-order valence-corrected chi connectivity index (χ3v) is 2.80. The zero-order valence-electron chi connectivity index (χ0n) is 7.40. The van der Waals surface area contributed by atoms with Gasteiger partial charge in [-0.1, -0.05) is 0 Å². The summed E-state index contributed by atoms with van der Waals surface area (Å²) in [5, 5.41) is -0.208. The van der Waals surface area contributed by atoms with Crippen molar-refractivity contribution < 1.29 is 12.8 Å². The van der Waals surface area contributed by atoms with Crippen LogP contribution in [0, 0.1) is 5.82 Å². The Morgan fingerprint density at radius 1 is 1.33 bits per heavy atom. The summed E-state index contributed by atoms with van der Waals surface area (Å²) in [4.78, 5) is 1.84. The molecule has 0 bridgehead atoms. The normalized spacial score (nSPS) is 11.0. The van der Waals surface area contributed by atoms with E-state index in [1.54, 1.807) is 0 Å². The van der Waals surface area contributed by atoms with E-state index >= 15 is 0 Å². The molecule has 0 aliphatic carbocycles. The Labute approximate surface area is 91.5 Å². The van der Waals surface area contributed by atoms with Crippen LogP contribution in [0.1, 0.15) is 0 Å². The minimum absolute atomic E-state index is 0.0901. The Hall–Kier alpha value is -1.25. The fraction of sp³-hybridized carbons (Fsp3) is 0. The van der Waals surface area contributed by atoms with Gasteiger partial charge in [0.15, 0.2) is 5.11 Å². The smallest absolute Gasteiger partial charge is 0.257 e. The molecule has 0 aliphatic rings. The number of hydrogen-bond donors (Lipinski definition) is 3. The van der Waals surface area contributed by atoms with Crippen LogP contribution in [0.5, 0.6) is 0 Å². The number of thiocarbonyl (C=S) groups is 1. The van der Waals surface area contributed by atoms with Crippen molar-refractivity contribution in [1.82, 2.24) is 10.3 Å². The van der Waals surface area contributed by atoms with Crippen LogP contribution in [-0.2, 0) is 10.0 Å². The van der Waals surface area contributed by atoms with E-state index in [9.17, 15) is 12.8 Å². The molecule has 0 amide bonds. The van der Waals surface area contributed by atoms with E-state index in [0.29, 0.717) is 0 Å². The van der Waals surface area contributed by atoms with Crippen LogP contribution in [-0.4, -0.2) is 13.5 Å². The van der Waals surface area contributed by atoms with Crippen molar-refractivity contribution in [2.24, 2.45) is 5.73 Å². The first-order chi connectivity index (χ1) is 6.92. The number of rotatable bonds is 3. The first-order valence-electron chi connectivity index (χ1n) is 3.74. The molecule has 0 spiro atoms. The molecular formula is C7H8FN3O2S2. The molecule has 0 aromatic heterocycles. The molecule has 0 atom stereocenters. The number of nitrogens with one attached hydrogen (secondary N) is 2. The summed E-state index contributed by atoms with van der Waals surface area (Å²) in [6.07, 6.45) is 0. The second-order valence-corrected chi connectivity index (χ2v) is 4.67. The maximum Gasteiger partial charge on any atom is 0.257 e. The van der Waals surface area contributed by atoms with Crippen molar-refractivity contribution in [2.45, 2.75) is 4.90 Å². The molecule has 15 heavy (non-hydrogen) atoms. The molecular weight excluding hydrogens is 241 g/mol. The Morgan fingerprint density at radius 2 is 1.87 bits per heavy atom. The van der Waals surface area contributed by atoms with Gasteiger partial charge in [0.05, 0.1) is 4.90 Å². The van der Waals surface area contributed by atoms with Gasteiger partial charge < -0.3 is 5.73 Å². The van der Waals surface area contributed by atoms with Gasteiger partial charge in [-0.05, 0) is 36.5 Å². The second kappa shape index (κ2) is 4.51. The number of nitrogens with two attached hydrogens (primary N) is 1. The third-order valence-electron chi connectivity index (χ3n) is 1.43. The molecule has 0 fully saturated rings. The zero-order chi connectivity index (χ0) is 11.5. The highest BCUT2D eigenvalue weighted by molar-refractivity contribution is 7.89. The molecule has 1 rings (SSSR count). The van der Waals surface area contributed by atoms with Crippen molar-refractivity contribution in [3.63, 3.8) is 0 Å². The summed E-state index contributed by atoms with van der Waals surface area (Å²) in [6.45, 7) is 0. The van der Waals surface area contributed by atoms with E-state index in [0.717, 1.165) is 24.3 Å². The lowest BCUT2D eigenvalue weighted by Crippen LogP contribution is -2.44. The molecule has 0 radical (unpaired) electrons. The maximum atomic E-state index is 12.5. The molecule has 8 heteroatoms. The molecule has 0 saturated heterocycles. The summed E-state index contributed by atoms with van der Waals surface area (Å²) in [6, 6.07) is 4.32. The van der Waals surface area contributed by atoms with Gasteiger partial charge in [0.2, 0.25) is 0 Å². The van der Waals surface area contributed by atoms with Crippen molar-refractivity contribution in [3.8, 4) is 0 Å². The first-order valence-corrected chi connectivity index (χ1v) is 5.64. The number of halogens is 1. The second-order valence-electron chi connectivity index (χ2n) is 2.55. The number of benzene rings is 1. The number of hydrogen-bond acceptors (Lipinski definition) is 3. The van der Waals surface area contributed by atoms with Gasteiger partial charge >= 0.3 is 0 Å². The molecule has 5 nitrogen and oxygen atoms in total. The Balaban J connectivity index is 2.87. The monoisotopic (exact) mass is 249 g/mol. The fourth-order valence-corrected chi connectivity index (χ4v) is 1.76. The quantitative estimate of drug-likeness (QED) is 0.512. The van der Waals surface area contributed by atoms with Gasteiger partial charge in [-0.15, -0.1) is 4.83 Å². The molecule has 0 heterocycles. The SMILES string of the molecule is NC(=S)NNS(=O)(=O)c1ccc(F)cc1. The van der Waals surface area contributed by atoms with Crippen LogP contribution >= 0.6 is 12.2 Å². The highest BCUT2D eigenvalue weighted by Gasteiger charge is 2.13. The van der Waals surface area contributed by atoms with Crippen molar-refractivity contribution in [2.75, 3.05) is 0 Å². The molecule has 0 aliphatic heterocycles. The van der Waals surface area contributed by atoms with Crippen LogP contribution in [0.2, 0.25) is 0 Å². The van der Waals surface area contributed by atoms with Crippen LogP contribution in [0.3, 0.4) is 0 Å². The minimum Gasteiger partial charge on any atom is -0.375 e. The fourth-order valence-electron chi connectivity index (χ4n) is 0.790. The lowest BCUT2D eigenvalue weighted by atomic mass is 10.4. The molecule has 1 aromatic carbocycles. The van der Waals surface area contributed by atoms with Gasteiger partial charge in [0, 0.05) is 0 Å². The standard InChI is InChI=1S/C7H8FN3O2S2/c8-5-1-3-6(4-2-5)15(12,13)11-10-7(9)14/h1-4,11H,(H3,9,10,14). The summed E-state index contributed by atoms with van der Waals surface area (Å²) in [5.41, 5.74) is 7.11. The van der Waals surface area contributed by atoms with E-state index < -0.39 is 15.8 Å². The van der Waals surface area contributed by atoms with E-state index in [-0.39, 0.29) is 10.0 Å². The van der Waals surface area contributed by atoms with Gasteiger partial charge in [0.25, 0.3) is 10.0 Å². The predicted octanol–water partition coefficient (Wildman–Crippen LogP) is -0.148. The van der Waals surface area contributed by atoms with Crippen LogP contribution in [0.25, 0.3) is 0 Å². The van der Waals surface area contributed by atoms with E-state index in [1.165, 1.54) is 0 Å². The van der Waals surface area contributed by atoms with Crippen LogP contribution in [0.15, 0.2) is 29.2 Å². The molecule has 1 aromatic rings. The highest BCUT2D eigenvalue weighted by Crippen LogP contribution is 2.08. The maximum absolute atomic E-state index is 12.5. The van der Waals surface area contributed by atoms with Crippen molar-refractivity contribution >= 4 is 27.4 Å². The van der Waals surface area contributed by atoms with E-state index in [4.69, 9.17) is 5.73 Å². The number of hydrazine groups is 1. The lowest BCUT2D eigenvalue weighted by molar-refractivity contribution is 0.576. The molecule has 82 valence electrons. The lowest BCUT2D eigenvalue weighted by Gasteiger charge is -2.07. The van der Waals surface area contributed by atoms with Gasteiger partial charge in [-0.3, -0.25) is 5.43 Å². The molecule has 0 saturated carbocycles. The predicted molar refractivity (Wildman–Crippen MR) is 56.6 cm³/mol. The summed E-state index contributed by atoms with van der Waals surface area (Å²) >= 11 is 4.41. The van der Waals surface area contributed by atoms with Gasteiger partial charge in [-0.25, -0.2) is 12.8 Å². The average molecular weight is 249 g/mol. The Kier molecular flexibility index (Phi) is 3.56. The molecule has 0 unspecified atom stereocenters. The van der Waals surface area contributed by atoms with Gasteiger partial charge in [-0.2, -0.15) is 0 Å². The number of sulfonamides is 1. The average Bonchev–Trinajstić information content (AvgIpc) is 2.16.